The Morgan fingerprint density at radius 3 is 2.39 bits per heavy atom. The molecule has 1 aromatic heterocycles. The second-order valence-electron chi connectivity index (χ2n) is 6.92. The Labute approximate surface area is 162 Å². The van der Waals surface area contributed by atoms with Crippen LogP contribution in [-0.2, 0) is 25.6 Å². The molecular weight excluding hydrogens is 368 g/mol. The maximum absolute atomic E-state index is 12.4. The predicted octanol–water partition coefficient (Wildman–Crippen LogP) is -1.48. The number of amides is 3. The quantitative estimate of drug-likeness (QED) is 0.264. The Balaban J connectivity index is 2.66. The summed E-state index contributed by atoms with van der Waals surface area (Å²) in [4.78, 5) is 54.0. The summed E-state index contributed by atoms with van der Waals surface area (Å²) in [6.07, 6.45) is 3.46. The van der Waals surface area contributed by atoms with Crippen molar-refractivity contribution in [2.75, 3.05) is 6.54 Å². The van der Waals surface area contributed by atoms with Crippen LogP contribution in [0.5, 0.6) is 0 Å². The highest BCUT2D eigenvalue weighted by Gasteiger charge is 2.25. The molecule has 7 N–H and O–H groups in total. The number of hydrogen-bond donors (Lipinski definition) is 6. The number of H-pyrrole nitrogens is 1. The van der Waals surface area contributed by atoms with E-state index in [1.54, 1.807) is 0 Å². The normalized spacial score (nSPS) is 14.0. The van der Waals surface area contributed by atoms with E-state index >= 15 is 0 Å². The number of carbonyl (C=O) groups is 4. The maximum Gasteiger partial charge on any atom is 0.325 e. The molecule has 1 aromatic rings. The molecule has 11 heteroatoms. The third-order valence-corrected chi connectivity index (χ3v) is 3.85. The number of aliphatic carboxylic acids is 1. The molecule has 1 rings (SSSR count). The molecule has 0 fully saturated rings. The molecule has 0 spiro atoms. The molecule has 0 aliphatic heterocycles. The topological polar surface area (TPSA) is 179 Å². The fourth-order valence-corrected chi connectivity index (χ4v) is 2.36. The van der Waals surface area contributed by atoms with Gasteiger partial charge in [0.2, 0.25) is 17.7 Å². The second kappa shape index (κ2) is 11.0. The van der Waals surface area contributed by atoms with Gasteiger partial charge in [-0.15, -0.1) is 0 Å². The molecular formula is C17H28N6O5. The first kappa shape index (κ1) is 23.1. The van der Waals surface area contributed by atoms with Crippen LogP contribution >= 0.6 is 0 Å². The number of nitrogens with two attached hydrogens (primary N) is 1. The fourth-order valence-electron chi connectivity index (χ4n) is 2.36. The molecule has 0 aliphatic carbocycles. The first-order valence-corrected chi connectivity index (χ1v) is 8.93. The Hall–Kier alpha value is -2.95. The Morgan fingerprint density at radius 1 is 1.18 bits per heavy atom. The Kier molecular flexibility index (Phi) is 9.09. The lowest BCUT2D eigenvalue weighted by Gasteiger charge is -2.20. The van der Waals surface area contributed by atoms with Crippen molar-refractivity contribution in [2.24, 2.45) is 11.7 Å². The van der Waals surface area contributed by atoms with E-state index < -0.39 is 41.8 Å². The number of hydrogen-bond acceptors (Lipinski definition) is 6. The van der Waals surface area contributed by atoms with Crippen LogP contribution in [0.4, 0.5) is 0 Å². The van der Waals surface area contributed by atoms with Crippen LogP contribution < -0.4 is 21.7 Å². The van der Waals surface area contributed by atoms with Gasteiger partial charge in [0.25, 0.3) is 0 Å². The van der Waals surface area contributed by atoms with E-state index in [1.165, 1.54) is 19.4 Å². The van der Waals surface area contributed by atoms with Crippen molar-refractivity contribution >= 4 is 23.7 Å². The molecule has 11 nitrogen and oxygen atoms in total. The van der Waals surface area contributed by atoms with E-state index in [2.05, 4.69) is 25.9 Å². The fraction of sp³-hybridized carbons (Fsp3) is 0.588. The van der Waals surface area contributed by atoms with Crippen molar-refractivity contribution in [2.45, 2.75) is 51.7 Å². The minimum atomic E-state index is -1.20. The number of imidazole rings is 1. The molecule has 0 saturated carbocycles. The zero-order valence-corrected chi connectivity index (χ0v) is 16.2. The number of aromatic nitrogens is 2. The number of carboxylic acid groups (broad SMARTS) is 1. The average Bonchev–Trinajstić information content (AvgIpc) is 3.11. The van der Waals surface area contributed by atoms with Crippen LogP contribution in [0.15, 0.2) is 12.5 Å². The van der Waals surface area contributed by atoms with Crippen LogP contribution in [0.1, 0.15) is 32.9 Å². The van der Waals surface area contributed by atoms with Crippen molar-refractivity contribution < 1.29 is 24.3 Å². The van der Waals surface area contributed by atoms with Crippen molar-refractivity contribution in [3.05, 3.63) is 18.2 Å². The first-order valence-electron chi connectivity index (χ1n) is 8.93. The summed E-state index contributed by atoms with van der Waals surface area (Å²) >= 11 is 0. The van der Waals surface area contributed by atoms with E-state index in [1.807, 2.05) is 13.8 Å². The monoisotopic (exact) mass is 396 g/mol. The van der Waals surface area contributed by atoms with E-state index in [-0.39, 0.29) is 18.9 Å². The molecule has 0 radical (unpaired) electrons. The maximum atomic E-state index is 12.4. The van der Waals surface area contributed by atoms with Gasteiger partial charge in [0.05, 0.1) is 18.9 Å². The zero-order valence-electron chi connectivity index (χ0n) is 16.2. The van der Waals surface area contributed by atoms with Gasteiger partial charge in [-0.05, 0) is 19.3 Å². The number of rotatable bonds is 11. The van der Waals surface area contributed by atoms with Crippen molar-refractivity contribution in [3.8, 4) is 0 Å². The Morgan fingerprint density at radius 2 is 1.86 bits per heavy atom. The van der Waals surface area contributed by atoms with E-state index in [0.717, 1.165) is 0 Å². The largest absolute Gasteiger partial charge is 0.480 e. The molecule has 0 aliphatic rings. The van der Waals surface area contributed by atoms with Gasteiger partial charge in [-0.1, -0.05) is 13.8 Å². The molecule has 3 amide bonds. The first-order chi connectivity index (χ1) is 13.1. The minimum absolute atomic E-state index is 0.0741. The van der Waals surface area contributed by atoms with Crippen LogP contribution in [0.3, 0.4) is 0 Å². The molecule has 28 heavy (non-hydrogen) atoms. The van der Waals surface area contributed by atoms with E-state index in [0.29, 0.717) is 12.1 Å². The smallest absolute Gasteiger partial charge is 0.325 e. The van der Waals surface area contributed by atoms with E-state index in [4.69, 9.17) is 10.8 Å². The van der Waals surface area contributed by atoms with Gasteiger partial charge >= 0.3 is 5.97 Å². The summed E-state index contributed by atoms with van der Waals surface area (Å²) in [6.45, 7) is 4.81. The van der Waals surface area contributed by atoms with Crippen LogP contribution in [-0.4, -0.2) is 63.4 Å². The molecule has 0 aromatic carbocycles. The third-order valence-electron chi connectivity index (χ3n) is 3.85. The van der Waals surface area contributed by atoms with Gasteiger partial charge in [-0.2, -0.15) is 0 Å². The van der Waals surface area contributed by atoms with Crippen molar-refractivity contribution in [1.29, 1.82) is 0 Å². The standard InChI is InChI=1S/C17H28N6O5/c1-9(2)4-12(18)15(25)20-7-14(24)23-13(5-11-6-19-8-21-11)16(26)22-10(3)17(27)28/h6,8-10,12-13H,4-5,7,18H2,1-3H3,(H,19,21)(H,20,25)(H,22,26)(H,23,24)(H,27,28). The SMILES string of the molecule is CC(C)CC(N)C(=O)NCC(=O)NC(Cc1cnc[nH]1)C(=O)NC(C)C(=O)O. The van der Waals surface area contributed by atoms with Gasteiger partial charge in [0.15, 0.2) is 0 Å². The summed E-state index contributed by atoms with van der Waals surface area (Å²) in [7, 11) is 0. The summed E-state index contributed by atoms with van der Waals surface area (Å²) in [5, 5.41) is 16.2. The number of carbonyl (C=O) groups excluding carboxylic acids is 3. The lowest BCUT2D eigenvalue weighted by molar-refractivity contribution is -0.141. The zero-order chi connectivity index (χ0) is 21.3. The molecule has 3 unspecified atom stereocenters. The molecule has 3 atom stereocenters. The lowest BCUT2D eigenvalue weighted by atomic mass is 10.0. The number of nitrogens with one attached hydrogen (secondary N) is 4. The van der Waals surface area contributed by atoms with Gasteiger partial charge in [0, 0.05) is 18.3 Å². The number of nitrogens with zero attached hydrogens (tertiary/aromatic N) is 1. The average molecular weight is 396 g/mol. The molecule has 0 bridgehead atoms. The minimum Gasteiger partial charge on any atom is -0.480 e. The number of aromatic amines is 1. The molecule has 1 heterocycles. The van der Waals surface area contributed by atoms with Crippen molar-refractivity contribution in [3.63, 3.8) is 0 Å². The molecule has 156 valence electrons. The molecule has 0 saturated heterocycles. The highest BCUT2D eigenvalue weighted by Crippen LogP contribution is 2.02. The van der Waals surface area contributed by atoms with Gasteiger partial charge < -0.3 is 31.8 Å². The van der Waals surface area contributed by atoms with Gasteiger partial charge in [-0.3, -0.25) is 19.2 Å². The highest BCUT2D eigenvalue weighted by molar-refractivity contribution is 5.92. The summed E-state index contributed by atoms with van der Waals surface area (Å²) in [6, 6.07) is -2.90. The summed E-state index contributed by atoms with van der Waals surface area (Å²) < 4.78 is 0. The predicted molar refractivity (Wildman–Crippen MR) is 99.9 cm³/mol. The van der Waals surface area contributed by atoms with Crippen LogP contribution in [0.25, 0.3) is 0 Å². The van der Waals surface area contributed by atoms with Gasteiger partial charge in [-0.25, -0.2) is 4.98 Å². The second-order valence-corrected chi connectivity index (χ2v) is 6.92. The van der Waals surface area contributed by atoms with Gasteiger partial charge in [0.1, 0.15) is 12.1 Å². The third kappa shape index (κ3) is 8.16. The number of carboxylic acids is 1. The highest BCUT2D eigenvalue weighted by atomic mass is 16.4. The van der Waals surface area contributed by atoms with E-state index in [9.17, 15) is 19.2 Å². The van der Waals surface area contributed by atoms with Crippen LogP contribution in [0, 0.1) is 5.92 Å². The van der Waals surface area contributed by atoms with Crippen molar-refractivity contribution in [1.82, 2.24) is 25.9 Å². The summed E-state index contributed by atoms with van der Waals surface area (Å²) in [5.41, 5.74) is 6.33. The van der Waals surface area contributed by atoms with Crippen LogP contribution in [0.2, 0.25) is 0 Å². The summed E-state index contributed by atoms with van der Waals surface area (Å²) in [5.74, 6) is -2.70. The lowest BCUT2D eigenvalue weighted by Crippen LogP contribution is -2.54. The Bertz CT molecular complexity index is 676.